The summed E-state index contributed by atoms with van der Waals surface area (Å²) in [6, 6.07) is 9.53. The first-order valence-electron chi connectivity index (χ1n) is 9.15. The summed E-state index contributed by atoms with van der Waals surface area (Å²) < 4.78 is 0. The standard InChI is InChI=1S/C21H27N3O/c1-14-12-13-23-15(2)19(14)16-8-10-18(11-9-16)24-21(25)20(22)17-6-4-3-5-7-17/h8-13,17,20H,3-7,22H2,1-2H3,(H,24,25). The predicted molar refractivity (Wildman–Crippen MR) is 102 cm³/mol. The third-order valence-corrected chi connectivity index (χ3v) is 5.25. The van der Waals surface area contributed by atoms with Gasteiger partial charge in [0.1, 0.15) is 0 Å². The molecule has 4 nitrogen and oxygen atoms in total. The fraction of sp³-hybridized carbons (Fsp3) is 0.429. The van der Waals surface area contributed by atoms with Crippen molar-refractivity contribution in [3.63, 3.8) is 0 Å². The van der Waals surface area contributed by atoms with Crippen LogP contribution in [0.5, 0.6) is 0 Å². The highest BCUT2D eigenvalue weighted by molar-refractivity contribution is 5.95. The van der Waals surface area contributed by atoms with Crippen LogP contribution in [0, 0.1) is 19.8 Å². The summed E-state index contributed by atoms with van der Waals surface area (Å²) in [6.45, 7) is 4.10. The van der Waals surface area contributed by atoms with Gasteiger partial charge in [-0.2, -0.15) is 0 Å². The summed E-state index contributed by atoms with van der Waals surface area (Å²) in [5.74, 6) is 0.238. The number of pyridine rings is 1. The van der Waals surface area contributed by atoms with Gasteiger partial charge >= 0.3 is 0 Å². The van der Waals surface area contributed by atoms with Crippen LogP contribution >= 0.6 is 0 Å². The second kappa shape index (κ2) is 7.79. The number of nitrogens with one attached hydrogen (secondary N) is 1. The number of nitrogens with two attached hydrogens (primary N) is 1. The number of carbonyl (C=O) groups excluding carboxylic acids is 1. The van der Waals surface area contributed by atoms with Crippen LogP contribution in [0.15, 0.2) is 36.5 Å². The van der Waals surface area contributed by atoms with Gasteiger partial charge in [-0.25, -0.2) is 0 Å². The van der Waals surface area contributed by atoms with E-state index in [1.54, 1.807) is 0 Å². The van der Waals surface area contributed by atoms with Gasteiger partial charge in [0.25, 0.3) is 0 Å². The van der Waals surface area contributed by atoms with Crippen molar-refractivity contribution in [2.75, 3.05) is 5.32 Å². The molecule has 1 heterocycles. The molecule has 2 aromatic rings. The molecule has 4 heteroatoms. The summed E-state index contributed by atoms with van der Waals surface area (Å²) in [7, 11) is 0. The molecule has 1 aliphatic rings. The third-order valence-electron chi connectivity index (χ3n) is 5.25. The maximum atomic E-state index is 12.4. The van der Waals surface area contributed by atoms with Gasteiger partial charge in [-0.3, -0.25) is 9.78 Å². The SMILES string of the molecule is Cc1ccnc(C)c1-c1ccc(NC(=O)C(N)C2CCCCC2)cc1. The Morgan fingerprint density at radius 1 is 1.12 bits per heavy atom. The highest BCUT2D eigenvalue weighted by Gasteiger charge is 2.26. The highest BCUT2D eigenvalue weighted by Crippen LogP contribution is 2.28. The van der Waals surface area contributed by atoms with Gasteiger partial charge in [0.05, 0.1) is 6.04 Å². The monoisotopic (exact) mass is 337 g/mol. The molecule has 25 heavy (non-hydrogen) atoms. The summed E-state index contributed by atoms with van der Waals surface area (Å²) in [5, 5.41) is 2.97. The number of aromatic nitrogens is 1. The van der Waals surface area contributed by atoms with Crippen LogP contribution in [0.1, 0.15) is 43.4 Å². The molecule has 0 bridgehead atoms. The van der Waals surface area contributed by atoms with Gasteiger partial charge in [0.15, 0.2) is 0 Å². The molecule has 0 spiro atoms. The Labute approximate surface area is 149 Å². The smallest absolute Gasteiger partial charge is 0.241 e. The van der Waals surface area contributed by atoms with Crippen LogP contribution in [0.3, 0.4) is 0 Å². The van der Waals surface area contributed by atoms with Gasteiger partial charge in [-0.15, -0.1) is 0 Å². The highest BCUT2D eigenvalue weighted by atomic mass is 16.2. The lowest BCUT2D eigenvalue weighted by molar-refractivity contribution is -0.118. The van der Waals surface area contributed by atoms with E-state index in [1.807, 2.05) is 43.5 Å². The van der Waals surface area contributed by atoms with Crippen LogP contribution in [0.2, 0.25) is 0 Å². The Bertz CT molecular complexity index is 713. The Morgan fingerprint density at radius 3 is 2.44 bits per heavy atom. The van der Waals surface area contributed by atoms with E-state index >= 15 is 0 Å². The molecule has 1 aromatic heterocycles. The molecule has 3 N–H and O–H groups in total. The Balaban J connectivity index is 1.69. The molecule has 1 amide bonds. The number of nitrogens with zero attached hydrogens (tertiary/aromatic N) is 1. The molecule has 0 radical (unpaired) electrons. The van der Waals surface area contributed by atoms with Crippen molar-refractivity contribution in [3.8, 4) is 11.1 Å². The topological polar surface area (TPSA) is 68.0 Å². The number of aryl methyl sites for hydroxylation is 2. The minimum atomic E-state index is -0.414. The molecule has 132 valence electrons. The first kappa shape index (κ1) is 17.6. The first-order valence-corrected chi connectivity index (χ1v) is 9.15. The third kappa shape index (κ3) is 4.07. The number of hydrogen-bond acceptors (Lipinski definition) is 3. The van der Waals surface area contributed by atoms with Crippen molar-refractivity contribution < 1.29 is 4.79 Å². The van der Waals surface area contributed by atoms with Crippen molar-refractivity contribution in [3.05, 3.63) is 47.8 Å². The van der Waals surface area contributed by atoms with E-state index in [9.17, 15) is 4.79 Å². The molecule has 0 saturated heterocycles. The van der Waals surface area contributed by atoms with Crippen LogP contribution in [-0.2, 0) is 4.79 Å². The van der Waals surface area contributed by atoms with E-state index in [0.717, 1.165) is 35.3 Å². The van der Waals surface area contributed by atoms with Crippen LogP contribution in [0.4, 0.5) is 5.69 Å². The van der Waals surface area contributed by atoms with Gasteiger partial charge in [0.2, 0.25) is 5.91 Å². The number of carbonyl (C=O) groups is 1. The lowest BCUT2D eigenvalue weighted by atomic mass is 9.84. The fourth-order valence-corrected chi connectivity index (χ4v) is 3.78. The number of hydrogen-bond donors (Lipinski definition) is 2. The number of amides is 1. The van der Waals surface area contributed by atoms with Crippen molar-refractivity contribution in [1.29, 1.82) is 0 Å². The normalized spacial score (nSPS) is 16.4. The van der Waals surface area contributed by atoms with E-state index in [1.165, 1.54) is 24.8 Å². The number of rotatable bonds is 4. The van der Waals surface area contributed by atoms with E-state index < -0.39 is 6.04 Å². The van der Waals surface area contributed by atoms with Gasteiger partial charge in [0, 0.05) is 23.1 Å². The fourth-order valence-electron chi connectivity index (χ4n) is 3.78. The maximum Gasteiger partial charge on any atom is 0.241 e. The molecule has 1 aliphatic carbocycles. The van der Waals surface area contributed by atoms with E-state index in [0.29, 0.717) is 5.92 Å². The largest absolute Gasteiger partial charge is 0.325 e. The van der Waals surface area contributed by atoms with Crippen molar-refractivity contribution in [1.82, 2.24) is 4.98 Å². The molecule has 1 unspecified atom stereocenters. The van der Waals surface area contributed by atoms with Gasteiger partial charge in [-0.05, 0) is 61.9 Å². The zero-order valence-electron chi connectivity index (χ0n) is 15.1. The molecular formula is C21H27N3O. The Kier molecular flexibility index (Phi) is 5.49. The molecule has 1 atom stereocenters. The van der Waals surface area contributed by atoms with Crippen molar-refractivity contribution >= 4 is 11.6 Å². The Morgan fingerprint density at radius 2 is 1.80 bits per heavy atom. The molecule has 1 aromatic carbocycles. The molecule has 1 saturated carbocycles. The van der Waals surface area contributed by atoms with Crippen molar-refractivity contribution in [2.24, 2.45) is 11.7 Å². The second-order valence-electron chi connectivity index (χ2n) is 7.08. The van der Waals surface area contributed by atoms with Gasteiger partial charge in [-0.1, -0.05) is 31.4 Å². The predicted octanol–water partition coefficient (Wildman–Crippen LogP) is 4.21. The number of benzene rings is 1. The zero-order valence-corrected chi connectivity index (χ0v) is 15.1. The Hall–Kier alpha value is -2.20. The van der Waals surface area contributed by atoms with Crippen LogP contribution in [0.25, 0.3) is 11.1 Å². The second-order valence-corrected chi connectivity index (χ2v) is 7.08. The molecule has 1 fully saturated rings. The van der Waals surface area contributed by atoms with Crippen LogP contribution in [-0.4, -0.2) is 16.9 Å². The van der Waals surface area contributed by atoms with E-state index in [2.05, 4.69) is 17.2 Å². The maximum absolute atomic E-state index is 12.4. The van der Waals surface area contributed by atoms with E-state index in [4.69, 9.17) is 5.73 Å². The van der Waals surface area contributed by atoms with Crippen LogP contribution < -0.4 is 11.1 Å². The average molecular weight is 337 g/mol. The average Bonchev–Trinajstić information content (AvgIpc) is 2.63. The summed E-state index contributed by atoms with van der Waals surface area (Å²) >= 11 is 0. The minimum absolute atomic E-state index is 0.0756. The lowest BCUT2D eigenvalue weighted by Crippen LogP contribution is -2.42. The zero-order chi connectivity index (χ0) is 17.8. The number of anilines is 1. The van der Waals surface area contributed by atoms with E-state index in [-0.39, 0.29) is 5.91 Å². The molecule has 3 rings (SSSR count). The summed E-state index contributed by atoms with van der Waals surface area (Å²) in [6.07, 6.45) is 7.59. The van der Waals surface area contributed by atoms with Crippen molar-refractivity contribution in [2.45, 2.75) is 52.0 Å². The lowest BCUT2D eigenvalue weighted by Gasteiger charge is -2.26. The minimum Gasteiger partial charge on any atom is -0.325 e. The molecule has 0 aliphatic heterocycles. The molecular weight excluding hydrogens is 310 g/mol. The summed E-state index contributed by atoms with van der Waals surface area (Å²) in [5.41, 5.74) is 11.4. The van der Waals surface area contributed by atoms with Gasteiger partial charge < -0.3 is 11.1 Å². The quantitative estimate of drug-likeness (QED) is 0.878. The summed E-state index contributed by atoms with van der Waals surface area (Å²) in [4.78, 5) is 16.8. The first-order chi connectivity index (χ1) is 12.1.